The third kappa shape index (κ3) is 3.32. The van der Waals surface area contributed by atoms with Gasteiger partial charge in [-0.2, -0.15) is 0 Å². The molecule has 0 radical (unpaired) electrons. The number of rotatable bonds is 4. The number of benzene rings is 2. The zero-order valence-electron chi connectivity index (χ0n) is 13.7. The Labute approximate surface area is 149 Å². The summed E-state index contributed by atoms with van der Waals surface area (Å²) in [5.41, 5.74) is 5.18. The first-order valence-corrected chi connectivity index (χ1v) is 8.94. The molecule has 0 bridgehead atoms. The molecule has 0 spiro atoms. The Balaban J connectivity index is 1.49. The monoisotopic (exact) mass is 347 g/mol. The summed E-state index contributed by atoms with van der Waals surface area (Å²) in [6.07, 6.45) is 2.31. The average Bonchev–Trinajstić information content (AvgIpc) is 3.23. The van der Waals surface area contributed by atoms with Gasteiger partial charge >= 0.3 is 0 Å². The zero-order valence-corrected chi connectivity index (χ0v) is 14.6. The first kappa shape index (κ1) is 15.6. The second-order valence-electron chi connectivity index (χ2n) is 6.00. The Morgan fingerprint density at radius 3 is 2.80 bits per heavy atom. The highest BCUT2D eigenvalue weighted by atomic mass is 32.1. The van der Waals surface area contributed by atoms with Gasteiger partial charge in [0, 0.05) is 28.0 Å². The van der Waals surface area contributed by atoms with Crippen LogP contribution in [0.15, 0.2) is 60.1 Å². The molecule has 0 saturated carbocycles. The van der Waals surface area contributed by atoms with Gasteiger partial charge in [-0.1, -0.05) is 48.0 Å². The minimum atomic E-state index is -0.0521. The standard InChI is InChI=1S/C20H17N3OS/c1-13-6-8-14(9-7-13)10-19(24)23-20-22-18(12-25-20)16-11-21-17-5-3-2-4-15(16)17/h2-9,11-12,21H,10H2,1H3,(H,22,23,24). The number of H-pyrrole nitrogens is 1. The molecule has 0 saturated heterocycles. The van der Waals surface area contributed by atoms with Gasteiger partial charge in [-0.15, -0.1) is 11.3 Å². The number of nitrogens with zero attached hydrogens (tertiary/aromatic N) is 1. The number of carbonyl (C=O) groups is 1. The van der Waals surface area contributed by atoms with Crippen LogP contribution in [0.25, 0.3) is 22.2 Å². The van der Waals surface area contributed by atoms with E-state index in [9.17, 15) is 4.79 Å². The van der Waals surface area contributed by atoms with Crippen LogP contribution >= 0.6 is 11.3 Å². The van der Waals surface area contributed by atoms with Crippen LogP contribution in [0.1, 0.15) is 11.1 Å². The molecule has 2 heterocycles. The smallest absolute Gasteiger partial charge is 0.230 e. The van der Waals surface area contributed by atoms with Crippen LogP contribution in [-0.2, 0) is 11.2 Å². The first-order chi connectivity index (χ1) is 12.2. The van der Waals surface area contributed by atoms with Crippen LogP contribution < -0.4 is 5.32 Å². The van der Waals surface area contributed by atoms with Gasteiger partial charge in [-0.25, -0.2) is 4.98 Å². The van der Waals surface area contributed by atoms with E-state index in [4.69, 9.17) is 0 Å². The molecule has 2 aromatic carbocycles. The number of para-hydroxylation sites is 1. The van der Waals surface area contributed by atoms with Gasteiger partial charge in [0.15, 0.2) is 5.13 Å². The number of aryl methyl sites for hydroxylation is 1. The lowest BCUT2D eigenvalue weighted by Crippen LogP contribution is -2.14. The molecule has 0 aliphatic rings. The molecule has 0 atom stereocenters. The Morgan fingerprint density at radius 2 is 1.96 bits per heavy atom. The van der Waals surface area contributed by atoms with E-state index < -0.39 is 0 Å². The number of carbonyl (C=O) groups excluding carboxylic acids is 1. The SMILES string of the molecule is Cc1ccc(CC(=O)Nc2nc(-c3c[nH]c4ccccc34)cs2)cc1. The van der Waals surface area contributed by atoms with Gasteiger partial charge in [-0.3, -0.25) is 4.79 Å². The van der Waals surface area contributed by atoms with Crippen LogP contribution in [0.4, 0.5) is 5.13 Å². The molecule has 0 fully saturated rings. The summed E-state index contributed by atoms with van der Waals surface area (Å²) in [4.78, 5) is 20.0. The first-order valence-electron chi connectivity index (χ1n) is 8.06. The number of anilines is 1. The Bertz CT molecular complexity index is 1030. The fourth-order valence-corrected chi connectivity index (χ4v) is 3.52. The van der Waals surface area contributed by atoms with Gasteiger partial charge in [0.25, 0.3) is 0 Å². The third-order valence-electron chi connectivity index (χ3n) is 4.10. The number of hydrogen-bond acceptors (Lipinski definition) is 3. The van der Waals surface area contributed by atoms with Crippen LogP contribution in [0.3, 0.4) is 0 Å². The van der Waals surface area contributed by atoms with Gasteiger partial charge in [0.2, 0.25) is 5.91 Å². The minimum Gasteiger partial charge on any atom is -0.360 e. The number of amides is 1. The van der Waals surface area contributed by atoms with Crippen molar-refractivity contribution < 1.29 is 4.79 Å². The molecule has 2 aromatic heterocycles. The Hall–Kier alpha value is -2.92. The zero-order chi connectivity index (χ0) is 17.2. The molecule has 4 aromatic rings. The minimum absolute atomic E-state index is 0.0521. The molecule has 0 aliphatic heterocycles. The predicted octanol–water partition coefficient (Wildman–Crippen LogP) is 4.78. The van der Waals surface area contributed by atoms with Crippen molar-refractivity contribution in [2.75, 3.05) is 5.32 Å². The largest absolute Gasteiger partial charge is 0.360 e. The van der Waals surface area contributed by atoms with E-state index in [0.29, 0.717) is 11.6 Å². The summed E-state index contributed by atoms with van der Waals surface area (Å²) in [6, 6.07) is 16.1. The van der Waals surface area contributed by atoms with Crippen LogP contribution in [-0.4, -0.2) is 15.9 Å². The Kier molecular flexibility index (Phi) is 4.07. The van der Waals surface area contributed by atoms with E-state index in [0.717, 1.165) is 27.7 Å². The van der Waals surface area contributed by atoms with Crippen molar-refractivity contribution in [2.24, 2.45) is 0 Å². The van der Waals surface area contributed by atoms with Crippen LogP contribution in [0.5, 0.6) is 0 Å². The summed E-state index contributed by atoms with van der Waals surface area (Å²) < 4.78 is 0. The topological polar surface area (TPSA) is 57.8 Å². The normalized spacial score (nSPS) is 10.9. The van der Waals surface area contributed by atoms with Gasteiger partial charge in [0.05, 0.1) is 12.1 Å². The van der Waals surface area contributed by atoms with Crippen molar-refractivity contribution in [1.29, 1.82) is 0 Å². The summed E-state index contributed by atoms with van der Waals surface area (Å²) in [7, 11) is 0. The van der Waals surface area contributed by atoms with Crippen LogP contribution in [0, 0.1) is 6.92 Å². The number of aromatic amines is 1. The fraction of sp³-hybridized carbons (Fsp3) is 0.100. The number of thiazole rings is 1. The molecule has 124 valence electrons. The van der Waals surface area contributed by atoms with Gasteiger partial charge in [0.1, 0.15) is 0 Å². The molecule has 1 amide bonds. The maximum Gasteiger partial charge on any atom is 0.230 e. The van der Waals surface area contributed by atoms with E-state index in [1.54, 1.807) is 0 Å². The van der Waals surface area contributed by atoms with Crippen LogP contribution in [0.2, 0.25) is 0 Å². The van der Waals surface area contributed by atoms with E-state index in [1.165, 1.54) is 16.9 Å². The second kappa shape index (κ2) is 6.53. The van der Waals surface area contributed by atoms with Crippen molar-refractivity contribution in [3.8, 4) is 11.3 Å². The average molecular weight is 347 g/mol. The number of nitrogens with one attached hydrogen (secondary N) is 2. The predicted molar refractivity (Wildman–Crippen MR) is 103 cm³/mol. The molecule has 4 rings (SSSR count). The highest BCUT2D eigenvalue weighted by Gasteiger charge is 2.11. The number of aromatic nitrogens is 2. The van der Waals surface area contributed by atoms with E-state index in [2.05, 4.69) is 21.4 Å². The highest BCUT2D eigenvalue weighted by Crippen LogP contribution is 2.30. The molecule has 5 heteroatoms. The molecule has 4 nitrogen and oxygen atoms in total. The third-order valence-corrected chi connectivity index (χ3v) is 4.86. The summed E-state index contributed by atoms with van der Waals surface area (Å²) >= 11 is 1.44. The lowest BCUT2D eigenvalue weighted by atomic mass is 10.1. The van der Waals surface area contributed by atoms with E-state index in [1.807, 2.05) is 61.0 Å². The van der Waals surface area contributed by atoms with Gasteiger partial charge in [-0.05, 0) is 18.6 Å². The maximum atomic E-state index is 12.2. The van der Waals surface area contributed by atoms with Crippen molar-refractivity contribution in [3.63, 3.8) is 0 Å². The lowest BCUT2D eigenvalue weighted by Gasteiger charge is -2.02. The van der Waals surface area contributed by atoms with Gasteiger partial charge < -0.3 is 10.3 Å². The number of fused-ring (bicyclic) bond motifs is 1. The summed E-state index contributed by atoms with van der Waals surface area (Å²) in [5, 5.41) is 6.62. The quantitative estimate of drug-likeness (QED) is 0.558. The van der Waals surface area contributed by atoms with Crippen molar-refractivity contribution in [2.45, 2.75) is 13.3 Å². The van der Waals surface area contributed by atoms with Crippen molar-refractivity contribution >= 4 is 33.3 Å². The van der Waals surface area contributed by atoms with Crippen molar-refractivity contribution in [1.82, 2.24) is 9.97 Å². The molecule has 0 aliphatic carbocycles. The summed E-state index contributed by atoms with van der Waals surface area (Å²) in [6.45, 7) is 2.03. The number of hydrogen-bond donors (Lipinski definition) is 2. The molecule has 25 heavy (non-hydrogen) atoms. The molecule has 2 N–H and O–H groups in total. The second-order valence-corrected chi connectivity index (χ2v) is 6.85. The van der Waals surface area contributed by atoms with E-state index >= 15 is 0 Å². The van der Waals surface area contributed by atoms with Crippen molar-refractivity contribution in [3.05, 3.63) is 71.2 Å². The molecular formula is C20H17N3OS. The summed E-state index contributed by atoms with van der Waals surface area (Å²) in [5.74, 6) is -0.0521. The van der Waals surface area contributed by atoms with E-state index in [-0.39, 0.29) is 5.91 Å². The molecular weight excluding hydrogens is 330 g/mol. The highest BCUT2D eigenvalue weighted by molar-refractivity contribution is 7.14. The fourth-order valence-electron chi connectivity index (χ4n) is 2.79. The maximum absolute atomic E-state index is 12.2. The Morgan fingerprint density at radius 1 is 1.16 bits per heavy atom. The molecule has 0 unspecified atom stereocenters. The lowest BCUT2D eigenvalue weighted by molar-refractivity contribution is -0.115.